The van der Waals surface area contributed by atoms with Crippen LogP contribution in [0, 0.1) is 0 Å². The van der Waals surface area contributed by atoms with Crippen LogP contribution in [0.3, 0.4) is 0 Å². The zero-order valence-electron chi connectivity index (χ0n) is 13.3. The fourth-order valence-corrected chi connectivity index (χ4v) is 3.33. The lowest BCUT2D eigenvalue weighted by atomic mass is 10.0. The van der Waals surface area contributed by atoms with Gasteiger partial charge in [0.2, 0.25) is 0 Å². The minimum Gasteiger partial charge on any atom is -0.400 e. The number of hydrogen-bond acceptors (Lipinski definition) is 4. The second-order valence-corrected chi connectivity index (χ2v) is 6.25. The van der Waals surface area contributed by atoms with Gasteiger partial charge in [-0.15, -0.1) is 0 Å². The second kappa shape index (κ2) is 7.38. The Bertz CT molecular complexity index is 830. The number of nitrogens with one attached hydrogen (secondary N) is 1. The molecule has 24 heavy (non-hydrogen) atoms. The number of aliphatic hydroxyl groups excluding tert-OH is 1. The second-order valence-electron chi connectivity index (χ2n) is 5.47. The van der Waals surface area contributed by atoms with E-state index in [0.717, 1.165) is 48.0 Å². The SMILES string of the molecule is CO.Clc1ccc2c(-c3cn[nH]c3)cc(N3CCCC3)nc2c1Cl. The Labute approximate surface area is 150 Å². The van der Waals surface area contributed by atoms with Crippen molar-refractivity contribution in [3.8, 4) is 11.1 Å². The first-order valence-corrected chi connectivity index (χ1v) is 8.47. The smallest absolute Gasteiger partial charge is 0.129 e. The molecule has 0 unspecified atom stereocenters. The Balaban J connectivity index is 0.000000815. The van der Waals surface area contributed by atoms with Crippen molar-refractivity contribution in [1.82, 2.24) is 15.2 Å². The molecular weight excluding hydrogens is 347 g/mol. The summed E-state index contributed by atoms with van der Waals surface area (Å²) in [6.45, 7) is 2.06. The van der Waals surface area contributed by atoms with Gasteiger partial charge < -0.3 is 10.0 Å². The molecule has 1 aliphatic heterocycles. The van der Waals surface area contributed by atoms with E-state index >= 15 is 0 Å². The molecule has 1 aromatic carbocycles. The Morgan fingerprint density at radius 3 is 2.58 bits per heavy atom. The lowest BCUT2D eigenvalue weighted by Gasteiger charge is -2.19. The summed E-state index contributed by atoms with van der Waals surface area (Å²) in [6, 6.07) is 5.89. The van der Waals surface area contributed by atoms with E-state index in [2.05, 4.69) is 21.2 Å². The maximum atomic E-state index is 7.00. The third kappa shape index (κ3) is 3.07. The van der Waals surface area contributed by atoms with Gasteiger partial charge in [0, 0.05) is 37.3 Å². The number of anilines is 1. The van der Waals surface area contributed by atoms with Gasteiger partial charge in [0.25, 0.3) is 0 Å². The minimum atomic E-state index is 0.505. The number of fused-ring (bicyclic) bond motifs is 1. The quantitative estimate of drug-likeness (QED) is 0.716. The molecule has 0 aliphatic carbocycles. The molecular formula is C17H18Cl2N4O. The zero-order valence-corrected chi connectivity index (χ0v) is 14.8. The first kappa shape index (κ1) is 17.0. The summed E-state index contributed by atoms with van der Waals surface area (Å²) in [4.78, 5) is 7.06. The number of nitrogens with zero attached hydrogens (tertiary/aromatic N) is 3. The number of pyridine rings is 1. The molecule has 0 bridgehead atoms. The number of aromatic nitrogens is 3. The molecule has 2 N–H and O–H groups in total. The summed E-state index contributed by atoms with van der Waals surface area (Å²) in [6.07, 6.45) is 6.09. The molecule has 0 amide bonds. The van der Waals surface area contributed by atoms with Crippen molar-refractivity contribution >= 4 is 39.9 Å². The Hall–Kier alpha value is -1.82. The van der Waals surface area contributed by atoms with Crippen LogP contribution >= 0.6 is 23.2 Å². The maximum absolute atomic E-state index is 7.00. The van der Waals surface area contributed by atoms with Crippen molar-refractivity contribution < 1.29 is 5.11 Å². The summed E-state index contributed by atoms with van der Waals surface area (Å²) in [5, 5.41) is 15.9. The van der Waals surface area contributed by atoms with Crippen LogP contribution in [0.25, 0.3) is 22.0 Å². The van der Waals surface area contributed by atoms with Gasteiger partial charge in [-0.2, -0.15) is 5.10 Å². The minimum absolute atomic E-state index is 0.505. The molecule has 0 atom stereocenters. The summed E-state index contributed by atoms with van der Waals surface area (Å²) in [5.41, 5.74) is 2.83. The average molecular weight is 365 g/mol. The molecule has 3 heterocycles. The number of aromatic amines is 1. The van der Waals surface area contributed by atoms with E-state index < -0.39 is 0 Å². The molecule has 2 aromatic heterocycles. The molecule has 7 heteroatoms. The van der Waals surface area contributed by atoms with E-state index in [1.807, 2.05) is 24.5 Å². The molecule has 1 aliphatic rings. The Morgan fingerprint density at radius 2 is 1.92 bits per heavy atom. The van der Waals surface area contributed by atoms with Crippen molar-refractivity contribution in [2.75, 3.05) is 25.1 Å². The highest BCUT2D eigenvalue weighted by Gasteiger charge is 2.18. The van der Waals surface area contributed by atoms with E-state index in [4.69, 9.17) is 33.3 Å². The Kier molecular flexibility index (Phi) is 5.23. The van der Waals surface area contributed by atoms with Crippen molar-refractivity contribution in [2.24, 2.45) is 0 Å². The molecule has 0 spiro atoms. The molecule has 3 aromatic rings. The lowest BCUT2D eigenvalue weighted by molar-refractivity contribution is 0.399. The van der Waals surface area contributed by atoms with E-state index in [9.17, 15) is 0 Å². The van der Waals surface area contributed by atoms with Gasteiger partial charge in [-0.1, -0.05) is 29.3 Å². The van der Waals surface area contributed by atoms with Gasteiger partial charge in [0.1, 0.15) is 5.82 Å². The predicted molar refractivity (Wildman–Crippen MR) is 98.9 cm³/mol. The van der Waals surface area contributed by atoms with Crippen LogP contribution in [0.5, 0.6) is 0 Å². The highest BCUT2D eigenvalue weighted by Crippen LogP contribution is 2.37. The third-order valence-corrected chi connectivity index (χ3v) is 4.89. The highest BCUT2D eigenvalue weighted by molar-refractivity contribution is 6.45. The molecule has 126 valence electrons. The molecule has 1 fully saturated rings. The molecule has 0 saturated carbocycles. The van der Waals surface area contributed by atoms with Gasteiger partial charge >= 0.3 is 0 Å². The maximum Gasteiger partial charge on any atom is 0.129 e. The molecule has 5 nitrogen and oxygen atoms in total. The third-order valence-electron chi connectivity index (χ3n) is 4.10. The van der Waals surface area contributed by atoms with Crippen LogP contribution in [-0.4, -0.2) is 40.5 Å². The largest absolute Gasteiger partial charge is 0.400 e. The van der Waals surface area contributed by atoms with Gasteiger partial charge in [-0.05, 0) is 30.5 Å². The molecule has 0 radical (unpaired) electrons. The van der Waals surface area contributed by atoms with Crippen LogP contribution < -0.4 is 4.90 Å². The lowest BCUT2D eigenvalue weighted by Crippen LogP contribution is -2.19. The van der Waals surface area contributed by atoms with Crippen LogP contribution in [0.1, 0.15) is 12.8 Å². The van der Waals surface area contributed by atoms with E-state index in [1.54, 1.807) is 0 Å². The summed E-state index contributed by atoms with van der Waals surface area (Å²) < 4.78 is 0. The molecule has 4 rings (SSSR count). The average Bonchev–Trinajstić information content (AvgIpc) is 3.33. The first-order chi connectivity index (χ1) is 11.7. The van der Waals surface area contributed by atoms with Crippen molar-refractivity contribution in [3.63, 3.8) is 0 Å². The number of halogens is 2. The van der Waals surface area contributed by atoms with Gasteiger partial charge in [0.05, 0.1) is 21.8 Å². The number of H-pyrrole nitrogens is 1. The monoisotopic (exact) mass is 364 g/mol. The van der Waals surface area contributed by atoms with Crippen LogP contribution in [0.2, 0.25) is 10.0 Å². The van der Waals surface area contributed by atoms with Gasteiger partial charge in [0.15, 0.2) is 0 Å². The summed E-state index contributed by atoms with van der Waals surface area (Å²) in [5.74, 6) is 0.949. The fraction of sp³-hybridized carbons (Fsp3) is 0.294. The normalized spacial score (nSPS) is 13.9. The number of benzene rings is 1. The highest BCUT2D eigenvalue weighted by atomic mass is 35.5. The summed E-state index contributed by atoms with van der Waals surface area (Å²) in [7, 11) is 1.00. The predicted octanol–water partition coefficient (Wildman–Crippen LogP) is 4.14. The standard InChI is InChI=1S/C16H14Cl2N4.CH4O/c17-13-4-3-11-12(10-8-19-20-9-10)7-14(21-16(11)15(13)18)22-5-1-2-6-22;1-2/h3-4,7-9H,1-2,5-6H2,(H,19,20);2H,1H3. The number of rotatable bonds is 2. The van der Waals surface area contributed by atoms with E-state index in [0.29, 0.717) is 10.0 Å². The van der Waals surface area contributed by atoms with E-state index in [1.165, 1.54) is 12.8 Å². The van der Waals surface area contributed by atoms with Crippen molar-refractivity contribution in [3.05, 3.63) is 40.6 Å². The fourth-order valence-electron chi connectivity index (χ4n) is 2.97. The van der Waals surface area contributed by atoms with E-state index in [-0.39, 0.29) is 0 Å². The van der Waals surface area contributed by atoms with Gasteiger partial charge in [-0.3, -0.25) is 5.10 Å². The van der Waals surface area contributed by atoms with Crippen molar-refractivity contribution in [1.29, 1.82) is 0 Å². The number of aliphatic hydroxyl groups is 1. The topological polar surface area (TPSA) is 65.0 Å². The van der Waals surface area contributed by atoms with Crippen LogP contribution in [0.4, 0.5) is 5.82 Å². The summed E-state index contributed by atoms with van der Waals surface area (Å²) >= 11 is 12.6. The first-order valence-electron chi connectivity index (χ1n) is 7.71. The number of hydrogen-bond donors (Lipinski definition) is 2. The van der Waals surface area contributed by atoms with Crippen LogP contribution in [-0.2, 0) is 0 Å². The molecule has 1 saturated heterocycles. The zero-order chi connectivity index (χ0) is 17.1. The van der Waals surface area contributed by atoms with Crippen LogP contribution in [0.15, 0.2) is 30.6 Å². The van der Waals surface area contributed by atoms with Crippen molar-refractivity contribution in [2.45, 2.75) is 12.8 Å². The Morgan fingerprint density at radius 1 is 1.17 bits per heavy atom. The van der Waals surface area contributed by atoms with Gasteiger partial charge in [-0.25, -0.2) is 4.98 Å².